The molecular formula is C19H33N. The number of rotatable bonds is 5. The summed E-state index contributed by atoms with van der Waals surface area (Å²) in [6, 6.07) is 0.491. The van der Waals surface area contributed by atoms with E-state index in [4.69, 9.17) is 4.99 Å². The van der Waals surface area contributed by atoms with Crippen LogP contribution in [0.5, 0.6) is 0 Å². The standard InChI is InChI=1S/C19H33N/c1-4-5-6-11-14-18-15-12-9-7-8-10-13-16-19(2,3)17-20-18/h9-10,12-13,17-18H,4-8,11,14-16H2,1-3H3/b12-9-,13-10-,20-17?. The molecule has 0 saturated carbocycles. The van der Waals surface area contributed by atoms with Crippen LogP contribution in [0.3, 0.4) is 0 Å². The summed E-state index contributed by atoms with van der Waals surface area (Å²) in [7, 11) is 0. The maximum Gasteiger partial charge on any atom is 0.0530 e. The average molecular weight is 275 g/mol. The zero-order valence-electron chi connectivity index (χ0n) is 13.8. The first kappa shape index (κ1) is 17.2. The van der Waals surface area contributed by atoms with E-state index in [0.717, 1.165) is 12.8 Å². The Hall–Kier alpha value is -0.850. The largest absolute Gasteiger partial charge is 0.293 e. The van der Waals surface area contributed by atoms with Crippen LogP contribution in [0, 0.1) is 5.41 Å². The Morgan fingerprint density at radius 3 is 2.50 bits per heavy atom. The molecule has 1 heterocycles. The molecule has 1 atom stereocenters. The molecule has 1 aliphatic heterocycles. The van der Waals surface area contributed by atoms with E-state index in [9.17, 15) is 0 Å². The molecule has 0 N–H and O–H groups in total. The van der Waals surface area contributed by atoms with Gasteiger partial charge >= 0.3 is 0 Å². The molecule has 0 aromatic heterocycles. The minimum atomic E-state index is 0.196. The van der Waals surface area contributed by atoms with Crippen LogP contribution in [0.15, 0.2) is 29.3 Å². The van der Waals surface area contributed by atoms with Gasteiger partial charge in [-0.1, -0.05) is 70.8 Å². The maximum absolute atomic E-state index is 4.90. The Morgan fingerprint density at radius 2 is 1.75 bits per heavy atom. The Labute approximate surface area is 126 Å². The predicted octanol–water partition coefficient (Wildman–Crippen LogP) is 6.11. The van der Waals surface area contributed by atoms with Crippen molar-refractivity contribution in [2.75, 3.05) is 0 Å². The van der Waals surface area contributed by atoms with Crippen molar-refractivity contribution >= 4 is 6.21 Å². The number of unbranched alkanes of at least 4 members (excludes halogenated alkanes) is 3. The smallest absolute Gasteiger partial charge is 0.0530 e. The quantitative estimate of drug-likeness (QED) is 0.424. The number of hydrogen-bond acceptors (Lipinski definition) is 1. The summed E-state index contributed by atoms with van der Waals surface area (Å²) in [5, 5.41) is 0. The summed E-state index contributed by atoms with van der Waals surface area (Å²) in [6.45, 7) is 6.85. The summed E-state index contributed by atoms with van der Waals surface area (Å²) in [4.78, 5) is 4.90. The van der Waals surface area contributed by atoms with Crippen LogP contribution in [0.1, 0.15) is 78.6 Å². The number of allylic oxidation sites excluding steroid dienone is 3. The van der Waals surface area contributed by atoms with Gasteiger partial charge in [0.05, 0.1) is 6.04 Å². The minimum absolute atomic E-state index is 0.196. The molecule has 1 heteroatoms. The normalized spacial score (nSPS) is 26.4. The van der Waals surface area contributed by atoms with E-state index in [1.165, 1.54) is 44.9 Å². The molecule has 1 aliphatic rings. The highest BCUT2D eigenvalue weighted by Crippen LogP contribution is 2.21. The van der Waals surface area contributed by atoms with E-state index in [1.54, 1.807) is 0 Å². The lowest BCUT2D eigenvalue weighted by Crippen LogP contribution is -2.15. The van der Waals surface area contributed by atoms with E-state index in [-0.39, 0.29) is 5.41 Å². The molecular weight excluding hydrogens is 242 g/mol. The number of hydrogen-bond donors (Lipinski definition) is 0. The Balaban J connectivity index is 2.57. The van der Waals surface area contributed by atoms with Gasteiger partial charge in [0.15, 0.2) is 0 Å². The maximum atomic E-state index is 4.90. The van der Waals surface area contributed by atoms with Gasteiger partial charge in [0.1, 0.15) is 0 Å². The summed E-state index contributed by atoms with van der Waals surface area (Å²) in [5.41, 5.74) is 0.196. The van der Waals surface area contributed by atoms with Gasteiger partial charge in [0, 0.05) is 11.6 Å². The summed E-state index contributed by atoms with van der Waals surface area (Å²) >= 11 is 0. The van der Waals surface area contributed by atoms with Crippen LogP contribution in [-0.4, -0.2) is 12.3 Å². The predicted molar refractivity (Wildman–Crippen MR) is 91.6 cm³/mol. The molecule has 1 nitrogen and oxygen atoms in total. The van der Waals surface area contributed by atoms with Crippen molar-refractivity contribution in [2.24, 2.45) is 10.4 Å². The Morgan fingerprint density at radius 1 is 1.00 bits per heavy atom. The molecule has 0 aliphatic carbocycles. The van der Waals surface area contributed by atoms with Gasteiger partial charge in [-0.2, -0.15) is 0 Å². The minimum Gasteiger partial charge on any atom is -0.293 e. The lowest BCUT2D eigenvalue weighted by atomic mass is 9.90. The molecule has 0 bridgehead atoms. The van der Waals surface area contributed by atoms with E-state index in [1.807, 2.05) is 0 Å². The van der Waals surface area contributed by atoms with E-state index < -0.39 is 0 Å². The highest BCUT2D eigenvalue weighted by atomic mass is 14.8. The average Bonchev–Trinajstić information content (AvgIpc) is 2.41. The summed E-state index contributed by atoms with van der Waals surface area (Å²) in [5.74, 6) is 0. The fourth-order valence-corrected chi connectivity index (χ4v) is 2.49. The molecule has 0 radical (unpaired) electrons. The number of nitrogens with zero attached hydrogens (tertiary/aromatic N) is 1. The first-order valence-electron chi connectivity index (χ1n) is 8.48. The van der Waals surface area contributed by atoms with Crippen molar-refractivity contribution in [2.45, 2.75) is 84.6 Å². The van der Waals surface area contributed by atoms with Crippen LogP contribution >= 0.6 is 0 Å². The third kappa shape index (κ3) is 8.35. The summed E-state index contributed by atoms with van der Waals surface area (Å²) < 4.78 is 0. The second-order valence-electron chi connectivity index (χ2n) is 6.73. The second-order valence-corrected chi connectivity index (χ2v) is 6.73. The molecule has 20 heavy (non-hydrogen) atoms. The second kappa shape index (κ2) is 9.96. The Bertz CT molecular complexity index is 323. The lowest BCUT2D eigenvalue weighted by Gasteiger charge is -2.19. The summed E-state index contributed by atoms with van der Waals surface area (Å²) in [6.07, 6.45) is 22.7. The molecule has 1 unspecified atom stereocenters. The van der Waals surface area contributed by atoms with Crippen molar-refractivity contribution in [3.8, 4) is 0 Å². The van der Waals surface area contributed by atoms with Crippen molar-refractivity contribution < 1.29 is 0 Å². The topological polar surface area (TPSA) is 12.4 Å². The fourth-order valence-electron chi connectivity index (χ4n) is 2.49. The monoisotopic (exact) mass is 275 g/mol. The first-order valence-corrected chi connectivity index (χ1v) is 8.48. The molecule has 0 fully saturated rings. The van der Waals surface area contributed by atoms with Crippen molar-refractivity contribution in [3.05, 3.63) is 24.3 Å². The van der Waals surface area contributed by atoms with Gasteiger partial charge in [-0.05, 0) is 32.1 Å². The van der Waals surface area contributed by atoms with Crippen LogP contribution in [0.25, 0.3) is 0 Å². The van der Waals surface area contributed by atoms with Gasteiger partial charge in [0.2, 0.25) is 0 Å². The Kier molecular flexibility index (Phi) is 8.57. The molecule has 0 amide bonds. The van der Waals surface area contributed by atoms with E-state index in [2.05, 4.69) is 51.3 Å². The molecule has 114 valence electrons. The fraction of sp³-hybridized carbons (Fsp3) is 0.737. The zero-order valence-corrected chi connectivity index (χ0v) is 13.8. The van der Waals surface area contributed by atoms with Crippen molar-refractivity contribution in [1.82, 2.24) is 0 Å². The molecule has 1 rings (SSSR count). The van der Waals surface area contributed by atoms with Crippen LogP contribution in [0.2, 0.25) is 0 Å². The third-order valence-corrected chi connectivity index (χ3v) is 3.91. The molecule has 0 aromatic carbocycles. The van der Waals surface area contributed by atoms with E-state index >= 15 is 0 Å². The SMILES string of the molecule is CCCCCCC1C/C=C\CC/C=C\CC(C)(C)C=N1. The van der Waals surface area contributed by atoms with E-state index in [0.29, 0.717) is 6.04 Å². The molecule has 0 spiro atoms. The van der Waals surface area contributed by atoms with Gasteiger partial charge in [-0.3, -0.25) is 4.99 Å². The third-order valence-electron chi connectivity index (χ3n) is 3.91. The van der Waals surface area contributed by atoms with Crippen molar-refractivity contribution in [3.63, 3.8) is 0 Å². The first-order chi connectivity index (χ1) is 9.64. The van der Waals surface area contributed by atoms with Gasteiger partial charge < -0.3 is 0 Å². The highest BCUT2D eigenvalue weighted by Gasteiger charge is 2.14. The van der Waals surface area contributed by atoms with Crippen molar-refractivity contribution in [1.29, 1.82) is 0 Å². The van der Waals surface area contributed by atoms with Crippen LogP contribution in [0.4, 0.5) is 0 Å². The van der Waals surface area contributed by atoms with Gasteiger partial charge in [-0.15, -0.1) is 0 Å². The highest BCUT2D eigenvalue weighted by molar-refractivity contribution is 5.65. The van der Waals surface area contributed by atoms with Gasteiger partial charge in [0.25, 0.3) is 0 Å². The number of aliphatic imine (C=N–C) groups is 1. The molecule has 0 saturated heterocycles. The van der Waals surface area contributed by atoms with Crippen LogP contribution < -0.4 is 0 Å². The zero-order chi connectivity index (χ0) is 14.7. The van der Waals surface area contributed by atoms with Crippen LogP contribution in [-0.2, 0) is 0 Å². The molecule has 0 aromatic rings. The lowest BCUT2D eigenvalue weighted by molar-refractivity contribution is 0.520. The van der Waals surface area contributed by atoms with Gasteiger partial charge in [-0.25, -0.2) is 0 Å².